The highest BCUT2D eigenvalue weighted by Gasteiger charge is 2.39. The van der Waals surface area contributed by atoms with Gasteiger partial charge < -0.3 is 10.4 Å². The standard InChI is InChI=1S/C15H16F3N3O2/c1-9-5-3-4-6-10(9)12(22)7-19-14(23)11-8-21(2)20-13(11)15(16,17)18/h3-6,8,12,22H,7H2,1-2H3,(H,19,23). The van der Waals surface area contributed by atoms with Crippen LogP contribution in [0.3, 0.4) is 0 Å². The molecule has 0 spiro atoms. The first kappa shape index (κ1) is 17.0. The zero-order valence-electron chi connectivity index (χ0n) is 12.6. The number of benzene rings is 1. The van der Waals surface area contributed by atoms with Crippen LogP contribution in [0.15, 0.2) is 30.5 Å². The molecule has 5 nitrogen and oxygen atoms in total. The van der Waals surface area contributed by atoms with Crippen LogP contribution in [0.2, 0.25) is 0 Å². The Kier molecular flexibility index (Phi) is 4.74. The lowest BCUT2D eigenvalue weighted by Gasteiger charge is -2.14. The summed E-state index contributed by atoms with van der Waals surface area (Å²) in [5.41, 5.74) is -0.387. The number of nitrogens with one attached hydrogen (secondary N) is 1. The highest BCUT2D eigenvalue weighted by molar-refractivity contribution is 5.95. The minimum Gasteiger partial charge on any atom is -0.387 e. The van der Waals surface area contributed by atoms with Crippen LogP contribution in [0.4, 0.5) is 13.2 Å². The second kappa shape index (κ2) is 6.41. The topological polar surface area (TPSA) is 67.2 Å². The molecule has 1 atom stereocenters. The van der Waals surface area contributed by atoms with Crippen LogP contribution in [-0.4, -0.2) is 27.3 Å². The van der Waals surface area contributed by atoms with Gasteiger partial charge in [-0.25, -0.2) is 0 Å². The van der Waals surface area contributed by atoms with Crippen molar-refractivity contribution in [3.63, 3.8) is 0 Å². The third-order valence-electron chi connectivity index (χ3n) is 3.35. The number of aliphatic hydroxyl groups excluding tert-OH is 1. The van der Waals surface area contributed by atoms with E-state index in [4.69, 9.17) is 0 Å². The van der Waals surface area contributed by atoms with Gasteiger partial charge in [0.15, 0.2) is 5.69 Å². The number of alkyl halides is 3. The van der Waals surface area contributed by atoms with Crippen molar-refractivity contribution in [2.75, 3.05) is 6.54 Å². The predicted molar refractivity (Wildman–Crippen MR) is 76.7 cm³/mol. The van der Waals surface area contributed by atoms with Crippen LogP contribution < -0.4 is 5.32 Å². The minimum absolute atomic E-state index is 0.199. The zero-order valence-corrected chi connectivity index (χ0v) is 12.6. The van der Waals surface area contributed by atoms with E-state index in [0.717, 1.165) is 16.4 Å². The molecule has 1 unspecified atom stereocenters. The summed E-state index contributed by atoms with van der Waals surface area (Å²) in [6, 6.07) is 7.02. The molecule has 0 aliphatic heterocycles. The molecule has 8 heteroatoms. The number of aromatic nitrogens is 2. The van der Waals surface area contributed by atoms with E-state index in [1.165, 1.54) is 7.05 Å². The van der Waals surface area contributed by atoms with Gasteiger partial charge >= 0.3 is 6.18 Å². The Balaban J connectivity index is 2.10. The molecule has 124 valence electrons. The van der Waals surface area contributed by atoms with Crippen molar-refractivity contribution in [1.29, 1.82) is 0 Å². The van der Waals surface area contributed by atoms with E-state index in [1.807, 2.05) is 0 Å². The molecule has 0 bridgehead atoms. The molecule has 2 aromatic rings. The summed E-state index contributed by atoms with van der Waals surface area (Å²) in [5.74, 6) is -0.932. The summed E-state index contributed by atoms with van der Waals surface area (Å²) >= 11 is 0. The van der Waals surface area contributed by atoms with Crippen molar-refractivity contribution >= 4 is 5.91 Å². The summed E-state index contributed by atoms with van der Waals surface area (Å²) in [5, 5.41) is 15.7. The van der Waals surface area contributed by atoms with Gasteiger partial charge in [-0.1, -0.05) is 24.3 Å². The maximum absolute atomic E-state index is 12.8. The lowest BCUT2D eigenvalue weighted by atomic mass is 10.0. The van der Waals surface area contributed by atoms with Crippen molar-refractivity contribution < 1.29 is 23.1 Å². The molecule has 23 heavy (non-hydrogen) atoms. The molecule has 0 fully saturated rings. The van der Waals surface area contributed by atoms with Crippen molar-refractivity contribution in [3.05, 3.63) is 52.8 Å². The molecule has 0 saturated heterocycles. The summed E-state index contributed by atoms with van der Waals surface area (Å²) in [4.78, 5) is 12.0. The minimum atomic E-state index is -4.72. The monoisotopic (exact) mass is 327 g/mol. The quantitative estimate of drug-likeness (QED) is 0.905. The number of rotatable bonds is 4. The maximum atomic E-state index is 12.8. The average molecular weight is 327 g/mol. The first-order valence-electron chi connectivity index (χ1n) is 6.82. The molecular weight excluding hydrogens is 311 g/mol. The van der Waals surface area contributed by atoms with E-state index in [2.05, 4.69) is 10.4 Å². The SMILES string of the molecule is Cc1ccccc1C(O)CNC(=O)c1cn(C)nc1C(F)(F)F. The number of hydrogen-bond donors (Lipinski definition) is 2. The highest BCUT2D eigenvalue weighted by atomic mass is 19.4. The normalized spacial score (nSPS) is 13.0. The zero-order chi connectivity index (χ0) is 17.2. The molecule has 0 saturated carbocycles. The Morgan fingerprint density at radius 1 is 1.39 bits per heavy atom. The number of carbonyl (C=O) groups excluding carboxylic acids is 1. The van der Waals surface area contributed by atoms with E-state index in [9.17, 15) is 23.1 Å². The number of aryl methyl sites for hydroxylation is 2. The van der Waals surface area contributed by atoms with Crippen LogP contribution in [-0.2, 0) is 13.2 Å². The fourth-order valence-electron chi connectivity index (χ4n) is 2.22. The third kappa shape index (κ3) is 3.89. The van der Waals surface area contributed by atoms with E-state index >= 15 is 0 Å². The molecule has 0 aliphatic carbocycles. The maximum Gasteiger partial charge on any atom is 0.435 e. The van der Waals surface area contributed by atoms with Gasteiger partial charge in [0.25, 0.3) is 5.91 Å². The van der Waals surface area contributed by atoms with Gasteiger partial charge in [0.2, 0.25) is 0 Å². The number of aliphatic hydroxyl groups is 1. The molecule has 1 heterocycles. The van der Waals surface area contributed by atoms with Crippen molar-refractivity contribution in [2.24, 2.45) is 7.05 Å². The third-order valence-corrected chi connectivity index (χ3v) is 3.35. The second-order valence-electron chi connectivity index (χ2n) is 5.15. The molecular formula is C15H16F3N3O2. The van der Waals surface area contributed by atoms with Gasteiger partial charge in [0.1, 0.15) is 0 Å². The Morgan fingerprint density at radius 2 is 2.04 bits per heavy atom. The van der Waals surface area contributed by atoms with E-state index in [0.29, 0.717) is 5.56 Å². The Bertz CT molecular complexity index is 710. The first-order valence-corrected chi connectivity index (χ1v) is 6.82. The van der Waals surface area contributed by atoms with Gasteiger partial charge in [0, 0.05) is 19.8 Å². The summed E-state index contributed by atoms with van der Waals surface area (Å²) in [6.07, 6.45) is -4.73. The average Bonchev–Trinajstić information content (AvgIpc) is 2.87. The van der Waals surface area contributed by atoms with Crippen molar-refractivity contribution in [2.45, 2.75) is 19.2 Å². The summed E-state index contributed by atoms with van der Waals surface area (Å²) in [6.45, 7) is 1.60. The lowest BCUT2D eigenvalue weighted by Crippen LogP contribution is -2.30. The molecule has 0 radical (unpaired) electrons. The molecule has 1 amide bonds. The van der Waals surface area contributed by atoms with Crippen molar-refractivity contribution in [3.8, 4) is 0 Å². The van der Waals surface area contributed by atoms with Gasteiger partial charge in [0.05, 0.1) is 11.7 Å². The number of amides is 1. The number of hydrogen-bond acceptors (Lipinski definition) is 3. The van der Waals surface area contributed by atoms with Crippen LogP contribution in [0.25, 0.3) is 0 Å². The molecule has 0 aliphatic rings. The van der Waals surface area contributed by atoms with E-state index < -0.39 is 29.4 Å². The van der Waals surface area contributed by atoms with Crippen LogP contribution >= 0.6 is 0 Å². The smallest absolute Gasteiger partial charge is 0.387 e. The van der Waals surface area contributed by atoms with Gasteiger partial charge in [-0.05, 0) is 18.1 Å². The number of halogens is 3. The molecule has 2 rings (SSSR count). The van der Waals surface area contributed by atoms with E-state index in [1.54, 1.807) is 31.2 Å². The molecule has 1 aromatic carbocycles. The highest BCUT2D eigenvalue weighted by Crippen LogP contribution is 2.30. The summed E-state index contributed by atoms with van der Waals surface area (Å²) < 4.78 is 39.4. The largest absolute Gasteiger partial charge is 0.435 e. The summed E-state index contributed by atoms with van der Waals surface area (Å²) in [7, 11) is 1.30. The second-order valence-corrected chi connectivity index (χ2v) is 5.15. The molecule has 2 N–H and O–H groups in total. The Morgan fingerprint density at radius 3 is 2.65 bits per heavy atom. The Hall–Kier alpha value is -2.35. The number of carbonyl (C=O) groups is 1. The fraction of sp³-hybridized carbons (Fsp3) is 0.333. The predicted octanol–water partition coefficient (Wildman–Crippen LogP) is 2.21. The van der Waals surface area contributed by atoms with Crippen LogP contribution in [0.1, 0.15) is 33.3 Å². The van der Waals surface area contributed by atoms with Crippen LogP contribution in [0, 0.1) is 6.92 Å². The first-order chi connectivity index (χ1) is 10.7. The van der Waals surface area contributed by atoms with Gasteiger partial charge in [-0.3, -0.25) is 9.48 Å². The van der Waals surface area contributed by atoms with Crippen LogP contribution in [0.5, 0.6) is 0 Å². The fourth-order valence-corrected chi connectivity index (χ4v) is 2.22. The van der Waals surface area contributed by atoms with Gasteiger partial charge in [-0.2, -0.15) is 18.3 Å². The van der Waals surface area contributed by atoms with Crippen molar-refractivity contribution in [1.82, 2.24) is 15.1 Å². The van der Waals surface area contributed by atoms with E-state index in [-0.39, 0.29) is 6.54 Å². The Labute approximate surface area is 130 Å². The number of nitrogens with zero attached hydrogens (tertiary/aromatic N) is 2. The molecule has 1 aromatic heterocycles. The lowest BCUT2D eigenvalue weighted by molar-refractivity contribution is -0.141. The van der Waals surface area contributed by atoms with Gasteiger partial charge in [-0.15, -0.1) is 0 Å².